The Balaban J connectivity index is 2.06. The van der Waals surface area contributed by atoms with Crippen LogP contribution in [0, 0.1) is 5.41 Å². The zero-order chi connectivity index (χ0) is 13.7. The van der Waals surface area contributed by atoms with Crippen LogP contribution >= 0.6 is 0 Å². The standard InChI is InChI=1S/C13H22N4O2/c1-3-17-9-11(8-15-17)16-12(18)13(10-19-2)4-6-14-7-5-13/h8-9,14H,3-7,10H2,1-2H3,(H,16,18). The zero-order valence-corrected chi connectivity index (χ0v) is 11.6. The van der Waals surface area contributed by atoms with Crippen LogP contribution in [0.5, 0.6) is 0 Å². The number of aryl methyl sites for hydroxylation is 1. The van der Waals surface area contributed by atoms with Crippen molar-refractivity contribution in [1.82, 2.24) is 15.1 Å². The lowest BCUT2D eigenvalue weighted by molar-refractivity contribution is -0.130. The van der Waals surface area contributed by atoms with Gasteiger partial charge in [-0.3, -0.25) is 9.48 Å². The lowest BCUT2D eigenvalue weighted by Gasteiger charge is -2.35. The van der Waals surface area contributed by atoms with E-state index < -0.39 is 5.41 Å². The van der Waals surface area contributed by atoms with Crippen LogP contribution in [0.3, 0.4) is 0 Å². The van der Waals surface area contributed by atoms with Gasteiger partial charge >= 0.3 is 0 Å². The van der Waals surface area contributed by atoms with Gasteiger partial charge in [0.05, 0.1) is 23.9 Å². The van der Waals surface area contributed by atoms with E-state index in [0.29, 0.717) is 6.61 Å². The molecular weight excluding hydrogens is 244 g/mol. The lowest BCUT2D eigenvalue weighted by Crippen LogP contribution is -2.47. The van der Waals surface area contributed by atoms with Crippen molar-refractivity contribution in [2.24, 2.45) is 5.41 Å². The smallest absolute Gasteiger partial charge is 0.233 e. The first-order valence-corrected chi connectivity index (χ1v) is 6.74. The first kappa shape index (κ1) is 14.0. The van der Waals surface area contributed by atoms with Gasteiger partial charge in [-0.15, -0.1) is 0 Å². The molecule has 1 aromatic rings. The van der Waals surface area contributed by atoms with Gasteiger partial charge in [-0.05, 0) is 32.9 Å². The van der Waals surface area contributed by atoms with Crippen molar-refractivity contribution in [3.05, 3.63) is 12.4 Å². The molecule has 1 saturated heterocycles. The fraction of sp³-hybridized carbons (Fsp3) is 0.692. The highest BCUT2D eigenvalue weighted by molar-refractivity contribution is 5.95. The summed E-state index contributed by atoms with van der Waals surface area (Å²) in [6.07, 6.45) is 5.13. The van der Waals surface area contributed by atoms with Crippen molar-refractivity contribution in [3.8, 4) is 0 Å². The van der Waals surface area contributed by atoms with E-state index in [1.54, 1.807) is 18.0 Å². The molecule has 0 radical (unpaired) electrons. The number of carbonyl (C=O) groups is 1. The molecule has 6 heteroatoms. The van der Waals surface area contributed by atoms with Gasteiger partial charge < -0.3 is 15.4 Å². The van der Waals surface area contributed by atoms with E-state index in [2.05, 4.69) is 15.7 Å². The molecule has 0 aliphatic carbocycles. The molecule has 6 nitrogen and oxygen atoms in total. The summed E-state index contributed by atoms with van der Waals surface area (Å²) in [4.78, 5) is 12.5. The van der Waals surface area contributed by atoms with Crippen LogP contribution in [-0.4, -0.2) is 42.5 Å². The maximum Gasteiger partial charge on any atom is 0.233 e. The van der Waals surface area contributed by atoms with Crippen LogP contribution in [0.1, 0.15) is 19.8 Å². The monoisotopic (exact) mass is 266 g/mol. The lowest BCUT2D eigenvalue weighted by atomic mass is 9.78. The third kappa shape index (κ3) is 3.13. The molecular formula is C13H22N4O2. The number of hydrogen-bond acceptors (Lipinski definition) is 4. The number of anilines is 1. The molecule has 0 saturated carbocycles. The van der Waals surface area contributed by atoms with Crippen LogP contribution in [0.4, 0.5) is 5.69 Å². The Morgan fingerprint density at radius 2 is 2.32 bits per heavy atom. The minimum Gasteiger partial charge on any atom is -0.384 e. The zero-order valence-electron chi connectivity index (χ0n) is 11.6. The quantitative estimate of drug-likeness (QED) is 0.829. The van der Waals surface area contributed by atoms with Crippen molar-refractivity contribution in [2.75, 3.05) is 32.1 Å². The molecule has 0 bridgehead atoms. The Morgan fingerprint density at radius 1 is 1.58 bits per heavy atom. The first-order chi connectivity index (χ1) is 9.20. The minimum absolute atomic E-state index is 0.0338. The van der Waals surface area contributed by atoms with Crippen LogP contribution in [0.15, 0.2) is 12.4 Å². The Hall–Kier alpha value is -1.40. The van der Waals surface area contributed by atoms with Crippen LogP contribution in [0.2, 0.25) is 0 Å². The molecule has 19 heavy (non-hydrogen) atoms. The summed E-state index contributed by atoms with van der Waals surface area (Å²) in [5, 5.41) is 10.4. The number of nitrogens with one attached hydrogen (secondary N) is 2. The summed E-state index contributed by atoms with van der Waals surface area (Å²) in [6.45, 7) is 4.97. The van der Waals surface area contributed by atoms with E-state index in [1.165, 1.54) is 0 Å². The molecule has 1 aliphatic heterocycles. The molecule has 1 fully saturated rings. The maximum absolute atomic E-state index is 12.5. The van der Waals surface area contributed by atoms with Gasteiger partial charge in [0.2, 0.25) is 5.91 Å². The highest BCUT2D eigenvalue weighted by Crippen LogP contribution is 2.30. The molecule has 1 aliphatic rings. The molecule has 1 aromatic heterocycles. The maximum atomic E-state index is 12.5. The minimum atomic E-state index is -0.422. The SMILES string of the molecule is CCn1cc(NC(=O)C2(COC)CCNCC2)cn1. The van der Waals surface area contributed by atoms with Crippen molar-refractivity contribution in [2.45, 2.75) is 26.3 Å². The Bertz CT molecular complexity index is 419. The van der Waals surface area contributed by atoms with E-state index in [4.69, 9.17) is 4.74 Å². The largest absolute Gasteiger partial charge is 0.384 e. The molecule has 2 rings (SSSR count). The van der Waals surface area contributed by atoms with Gasteiger partial charge in [0, 0.05) is 19.9 Å². The summed E-state index contributed by atoms with van der Waals surface area (Å²) < 4.78 is 7.05. The normalized spacial score (nSPS) is 18.2. The fourth-order valence-corrected chi connectivity index (χ4v) is 2.48. The van der Waals surface area contributed by atoms with Crippen LogP contribution in [-0.2, 0) is 16.1 Å². The topological polar surface area (TPSA) is 68.2 Å². The number of nitrogens with zero attached hydrogens (tertiary/aromatic N) is 2. The van der Waals surface area contributed by atoms with E-state index in [1.807, 2.05) is 13.1 Å². The van der Waals surface area contributed by atoms with Crippen molar-refractivity contribution >= 4 is 11.6 Å². The number of carbonyl (C=O) groups excluding carboxylic acids is 1. The predicted octanol–water partition coefficient (Wildman–Crippen LogP) is 0.858. The van der Waals surface area contributed by atoms with Crippen molar-refractivity contribution in [3.63, 3.8) is 0 Å². The molecule has 2 N–H and O–H groups in total. The number of aromatic nitrogens is 2. The van der Waals surface area contributed by atoms with Gasteiger partial charge in [0.25, 0.3) is 0 Å². The van der Waals surface area contributed by atoms with Crippen LogP contribution < -0.4 is 10.6 Å². The van der Waals surface area contributed by atoms with Gasteiger partial charge in [0.15, 0.2) is 0 Å². The second-order valence-corrected chi connectivity index (χ2v) is 5.00. The number of methoxy groups -OCH3 is 1. The number of amides is 1. The number of hydrogen-bond donors (Lipinski definition) is 2. The Morgan fingerprint density at radius 3 is 2.89 bits per heavy atom. The second kappa shape index (κ2) is 6.16. The summed E-state index contributed by atoms with van der Waals surface area (Å²) >= 11 is 0. The third-order valence-corrected chi connectivity index (χ3v) is 3.68. The molecule has 106 valence electrons. The number of rotatable bonds is 5. The number of ether oxygens (including phenoxy) is 1. The van der Waals surface area contributed by atoms with E-state index >= 15 is 0 Å². The van der Waals surface area contributed by atoms with Crippen LogP contribution in [0.25, 0.3) is 0 Å². The molecule has 0 aromatic carbocycles. The molecule has 2 heterocycles. The third-order valence-electron chi connectivity index (χ3n) is 3.68. The first-order valence-electron chi connectivity index (χ1n) is 6.74. The summed E-state index contributed by atoms with van der Waals surface area (Å²) in [7, 11) is 1.65. The fourth-order valence-electron chi connectivity index (χ4n) is 2.48. The second-order valence-electron chi connectivity index (χ2n) is 5.00. The van der Waals surface area contributed by atoms with Gasteiger partial charge in [-0.2, -0.15) is 5.10 Å². The molecule has 0 spiro atoms. The number of piperidine rings is 1. The Kier molecular flexibility index (Phi) is 4.55. The van der Waals surface area contributed by atoms with Gasteiger partial charge in [-0.1, -0.05) is 0 Å². The highest BCUT2D eigenvalue weighted by atomic mass is 16.5. The average Bonchev–Trinajstić information content (AvgIpc) is 2.88. The molecule has 0 unspecified atom stereocenters. The van der Waals surface area contributed by atoms with E-state index in [-0.39, 0.29) is 5.91 Å². The molecule has 0 atom stereocenters. The predicted molar refractivity (Wildman–Crippen MR) is 72.9 cm³/mol. The average molecular weight is 266 g/mol. The summed E-state index contributed by atoms with van der Waals surface area (Å²) in [6, 6.07) is 0. The van der Waals surface area contributed by atoms with Crippen molar-refractivity contribution in [1.29, 1.82) is 0 Å². The molecule has 1 amide bonds. The summed E-state index contributed by atoms with van der Waals surface area (Å²) in [5.41, 5.74) is 0.328. The Labute approximate surface area is 113 Å². The van der Waals surface area contributed by atoms with E-state index in [9.17, 15) is 4.79 Å². The van der Waals surface area contributed by atoms with E-state index in [0.717, 1.165) is 38.2 Å². The van der Waals surface area contributed by atoms with Gasteiger partial charge in [0.1, 0.15) is 0 Å². The highest BCUT2D eigenvalue weighted by Gasteiger charge is 2.39. The van der Waals surface area contributed by atoms with Crippen molar-refractivity contribution < 1.29 is 9.53 Å². The van der Waals surface area contributed by atoms with Gasteiger partial charge in [-0.25, -0.2) is 0 Å². The summed E-state index contributed by atoms with van der Waals surface area (Å²) in [5.74, 6) is 0.0338.